The fourth-order valence-electron chi connectivity index (χ4n) is 3.17. The van der Waals surface area contributed by atoms with Gasteiger partial charge in [-0.25, -0.2) is 4.39 Å². The molecule has 1 N–H and O–H groups in total. The van der Waals surface area contributed by atoms with Crippen molar-refractivity contribution in [3.8, 4) is 0 Å². The van der Waals surface area contributed by atoms with E-state index in [1.165, 1.54) is 6.07 Å². The number of guanidine groups is 1. The van der Waals surface area contributed by atoms with Crippen LogP contribution in [0, 0.1) is 5.82 Å². The molecule has 2 heterocycles. The highest BCUT2D eigenvalue weighted by molar-refractivity contribution is 14.0. The molecule has 2 unspecified atom stereocenters. The van der Waals surface area contributed by atoms with Gasteiger partial charge >= 0.3 is 0 Å². The van der Waals surface area contributed by atoms with Crippen molar-refractivity contribution in [1.29, 1.82) is 0 Å². The third-order valence-corrected chi connectivity index (χ3v) is 4.92. The molecule has 0 saturated carbocycles. The van der Waals surface area contributed by atoms with E-state index in [4.69, 9.17) is 9.47 Å². The Morgan fingerprint density at radius 1 is 1.36 bits per heavy atom. The number of rotatable bonds is 3. The Morgan fingerprint density at radius 2 is 2.16 bits per heavy atom. The van der Waals surface area contributed by atoms with Crippen molar-refractivity contribution in [3.63, 3.8) is 0 Å². The quantitative estimate of drug-likeness (QED) is 0.372. The normalized spacial score (nSPS) is 24.1. The molecule has 0 radical (unpaired) electrons. The molecule has 8 heteroatoms. The highest BCUT2D eigenvalue weighted by atomic mass is 127. The minimum Gasteiger partial charge on any atom is -0.375 e. The van der Waals surface area contributed by atoms with E-state index in [0.717, 1.165) is 43.0 Å². The number of aliphatic imine (C=N–C) groups is 1. The molecular formula is C17H24BrFIN3O2. The maximum absolute atomic E-state index is 13.9. The molecule has 0 spiro atoms. The van der Waals surface area contributed by atoms with Gasteiger partial charge in [-0.05, 0) is 31.0 Å². The van der Waals surface area contributed by atoms with E-state index in [0.29, 0.717) is 18.7 Å². The number of nitrogens with zero attached hydrogens (tertiary/aromatic N) is 2. The number of hydrogen-bond donors (Lipinski definition) is 1. The standard InChI is InChI=1S/C17H23BrFN3O2.HI/c1-20-17(21-10-12-9-13(18)4-5-14(12)19)22-6-8-24-16(11-22)15-3-2-7-23-15;/h4-5,9,15-16H,2-3,6-8,10-11H2,1H3,(H,20,21);1H. The number of morpholine rings is 1. The summed E-state index contributed by atoms with van der Waals surface area (Å²) in [5.41, 5.74) is 0.606. The van der Waals surface area contributed by atoms with E-state index in [2.05, 4.69) is 31.1 Å². The van der Waals surface area contributed by atoms with E-state index >= 15 is 0 Å². The topological polar surface area (TPSA) is 46.1 Å². The molecular weight excluding hydrogens is 504 g/mol. The van der Waals surface area contributed by atoms with Crippen molar-refractivity contribution in [3.05, 3.63) is 34.1 Å². The van der Waals surface area contributed by atoms with Crippen LogP contribution in [0.15, 0.2) is 27.7 Å². The van der Waals surface area contributed by atoms with Gasteiger partial charge in [0, 0.05) is 43.3 Å². The lowest BCUT2D eigenvalue weighted by molar-refractivity contribution is -0.0817. The van der Waals surface area contributed by atoms with Gasteiger partial charge in [0.1, 0.15) is 11.9 Å². The van der Waals surface area contributed by atoms with Crippen LogP contribution in [0.2, 0.25) is 0 Å². The van der Waals surface area contributed by atoms with Gasteiger partial charge < -0.3 is 19.7 Å². The first-order chi connectivity index (χ1) is 11.7. The Balaban J connectivity index is 0.00000225. The van der Waals surface area contributed by atoms with Crippen LogP contribution in [0.25, 0.3) is 0 Å². The van der Waals surface area contributed by atoms with E-state index < -0.39 is 0 Å². The SMILES string of the molecule is CN=C(NCc1cc(Br)ccc1F)N1CCOC(C2CCCO2)C1.I. The largest absolute Gasteiger partial charge is 0.375 e. The van der Waals surface area contributed by atoms with Gasteiger partial charge in [-0.3, -0.25) is 4.99 Å². The molecule has 1 aromatic rings. The molecule has 1 aromatic carbocycles. The molecule has 0 aliphatic carbocycles. The van der Waals surface area contributed by atoms with E-state index in [1.54, 1.807) is 19.2 Å². The van der Waals surface area contributed by atoms with Gasteiger partial charge in [-0.2, -0.15) is 0 Å². The lowest BCUT2D eigenvalue weighted by Gasteiger charge is -2.37. The molecule has 2 fully saturated rings. The average molecular weight is 528 g/mol. The molecule has 2 aliphatic rings. The predicted octanol–water partition coefficient (Wildman–Crippen LogP) is 3.16. The Kier molecular flexibility index (Phi) is 8.37. The molecule has 2 saturated heterocycles. The number of hydrogen-bond acceptors (Lipinski definition) is 3. The molecule has 0 amide bonds. The highest BCUT2D eigenvalue weighted by Crippen LogP contribution is 2.21. The van der Waals surface area contributed by atoms with Crippen molar-refractivity contribution >= 4 is 45.9 Å². The smallest absolute Gasteiger partial charge is 0.194 e. The van der Waals surface area contributed by atoms with Crippen LogP contribution < -0.4 is 5.32 Å². The highest BCUT2D eigenvalue weighted by Gasteiger charge is 2.32. The minimum atomic E-state index is -0.222. The predicted molar refractivity (Wildman–Crippen MR) is 110 cm³/mol. The molecule has 0 bridgehead atoms. The van der Waals surface area contributed by atoms with Gasteiger partial charge in [-0.15, -0.1) is 24.0 Å². The first-order valence-corrected chi connectivity index (χ1v) is 9.09. The zero-order chi connectivity index (χ0) is 16.9. The zero-order valence-corrected chi connectivity index (χ0v) is 18.1. The van der Waals surface area contributed by atoms with Crippen LogP contribution in [-0.2, 0) is 16.0 Å². The number of benzene rings is 1. The van der Waals surface area contributed by atoms with Crippen molar-refractivity contribution in [2.24, 2.45) is 4.99 Å². The van der Waals surface area contributed by atoms with Gasteiger partial charge in [0.2, 0.25) is 0 Å². The van der Waals surface area contributed by atoms with Crippen LogP contribution in [0.3, 0.4) is 0 Å². The van der Waals surface area contributed by atoms with Crippen molar-refractivity contribution in [2.75, 3.05) is 33.4 Å². The monoisotopic (exact) mass is 527 g/mol. The summed E-state index contributed by atoms with van der Waals surface area (Å²) in [6.45, 7) is 3.37. The van der Waals surface area contributed by atoms with Crippen LogP contribution in [0.1, 0.15) is 18.4 Å². The van der Waals surface area contributed by atoms with E-state index in [-0.39, 0.29) is 42.0 Å². The molecule has 5 nitrogen and oxygen atoms in total. The second-order valence-electron chi connectivity index (χ2n) is 6.04. The maximum Gasteiger partial charge on any atom is 0.194 e. The fraction of sp³-hybridized carbons (Fsp3) is 0.588. The molecule has 2 atom stereocenters. The van der Waals surface area contributed by atoms with Gasteiger partial charge in [0.05, 0.1) is 12.7 Å². The Morgan fingerprint density at radius 3 is 2.88 bits per heavy atom. The van der Waals surface area contributed by atoms with Crippen LogP contribution in [-0.4, -0.2) is 56.4 Å². The van der Waals surface area contributed by atoms with Crippen molar-refractivity contribution < 1.29 is 13.9 Å². The molecule has 140 valence electrons. The summed E-state index contributed by atoms with van der Waals surface area (Å²) in [4.78, 5) is 6.50. The van der Waals surface area contributed by atoms with Crippen LogP contribution in [0.5, 0.6) is 0 Å². The average Bonchev–Trinajstić information content (AvgIpc) is 3.13. The molecule has 25 heavy (non-hydrogen) atoms. The van der Waals surface area contributed by atoms with Gasteiger partial charge in [0.15, 0.2) is 5.96 Å². The van der Waals surface area contributed by atoms with E-state index in [9.17, 15) is 4.39 Å². The Bertz CT molecular complexity index is 599. The van der Waals surface area contributed by atoms with Crippen molar-refractivity contribution in [2.45, 2.75) is 31.6 Å². The fourth-order valence-corrected chi connectivity index (χ4v) is 3.58. The zero-order valence-electron chi connectivity index (χ0n) is 14.2. The van der Waals surface area contributed by atoms with Gasteiger partial charge in [-0.1, -0.05) is 15.9 Å². The summed E-state index contributed by atoms with van der Waals surface area (Å²) in [6.07, 6.45) is 2.39. The minimum absolute atomic E-state index is 0. The second kappa shape index (κ2) is 10.0. The first-order valence-electron chi connectivity index (χ1n) is 8.30. The number of ether oxygens (including phenoxy) is 2. The van der Waals surface area contributed by atoms with Crippen LogP contribution in [0.4, 0.5) is 4.39 Å². The first kappa shape index (κ1) is 20.9. The summed E-state index contributed by atoms with van der Waals surface area (Å²) in [7, 11) is 1.75. The van der Waals surface area contributed by atoms with Gasteiger partial charge in [0.25, 0.3) is 0 Å². The number of halogens is 3. The number of nitrogens with one attached hydrogen (secondary N) is 1. The Hall–Kier alpha value is -0.450. The van der Waals surface area contributed by atoms with Crippen molar-refractivity contribution in [1.82, 2.24) is 10.2 Å². The van der Waals surface area contributed by atoms with E-state index in [1.807, 2.05) is 0 Å². The van der Waals surface area contributed by atoms with Crippen LogP contribution >= 0.6 is 39.9 Å². The summed E-state index contributed by atoms with van der Waals surface area (Å²) in [6, 6.07) is 4.94. The lowest BCUT2D eigenvalue weighted by atomic mass is 10.1. The second-order valence-corrected chi connectivity index (χ2v) is 6.96. The summed E-state index contributed by atoms with van der Waals surface area (Å²) >= 11 is 3.38. The summed E-state index contributed by atoms with van der Waals surface area (Å²) in [5.74, 6) is 0.543. The molecule has 0 aromatic heterocycles. The lowest BCUT2D eigenvalue weighted by Crippen LogP contribution is -2.53. The molecule has 2 aliphatic heterocycles. The summed E-state index contributed by atoms with van der Waals surface area (Å²) in [5, 5.41) is 3.25. The maximum atomic E-state index is 13.9. The summed E-state index contributed by atoms with van der Waals surface area (Å²) < 4.78 is 26.4. The third-order valence-electron chi connectivity index (χ3n) is 4.43. The third kappa shape index (κ3) is 5.51. The Labute approximate surface area is 173 Å². The molecule has 3 rings (SSSR count).